The molecule has 0 saturated carbocycles. The van der Waals surface area contributed by atoms with Crippen LogP contribution < -0.4 is 10.6 Å². The van der Waals surface area contributed by atoms with Gasteiger partial charge in [-0.1, -0.05) is 6.92 Å². The van der Waals surface area contributed by atoms with Gasteiger partial charge in [0.15, 0.2) is 5.96 Å². The highest BCUT2D eigenvalue weighted by molar-refractivity contribution is 5.79. The van der Waals surface area contributed by atoms with Crippen LogP contribution >= 0.6 is 0 Å². The zero-order valence-electron chi connectivity index (χ0n) is 18.6. The molecule has 0 unspecified atom stereocenters. The predicted octanol–water partition coefficient (Wildman–Crippen LogP) is 2.04. The van der Waals surface area contributed by atoms with Crippen molar-refractivity contribution in [3.8, 4) is 0 Å². The number of hydrogen-bond acceptors (Lipinski definition) is 5. The van der Waals surface area contributed by atoms with Crippen LogP contribution in [0.25, 0.3) is 0 Å². The molecule has 2 heterocycles. The number of ether oxygens (including phenoxy) is 1. The van der Waals surface area contributed by atoms with Crippen LogP contribution in [-0.4, -0.2) is 70.0 Å². The summed E-state index contributed by atoms with van der Waals surface area (Å²) in [5, 5.41) is 14.7. The summed E-state index contributed by atoms with van der Waals surface area (Å²) in [5.41, 5.74) is -0.449. The van der Waals surface area contributed by atoms with Gasteiger partial charge in [-0.25, -0.2) is 4.79 Å². The highest BCUT2D eigenvalue weighted by Gasteiger charge is 2.26. The molecule has 0 spiro atoms. The van der Waals surface area contributed by atoms with Gasteiger partial charge in [-0.15, -0.1) is 10.2 Å². The Labute approximate surface area is 174 Å². The first-order valence-corrected chi connectivity index (χ1v) is 10.7. The first-order chi connectivity index (χ1) is 13.8. The molecular formula is C20H37N7O2. The minimum atomic E-state index is -0.449. The molecule has 0 aliphatic carbocycles. The molecule has 29 heavy (non-hydrogen) atoms. The Morgan fingerprint density at radius 2 is 2.00 bits per heavy atom. The molecule has 9 heteroatoms. The summed E-state index contributed by atoms with van der Waals surface area (Å²) in [7, 11) is 0. The van der Waals surface area contributed by atoms with Gasteiger partial charge in [0.05, 0.1) is 0 Å². The lowest BCUT2D eigenvalue weighted by Gasteiger charge is -2.33. The van der Waals surface area contributed by atoms with Crippen LogP contribution in [0.5, 0.6) is 0 Å². The number of aliphatic imine (C=N–C) groups is 1. The summed E-state index contributed by atoms with van der Waals surface area (Å²) in [6, 6.07) is 0. The Kier molecular flexibility index (Phi) is 8.72. The van der Waals surface area contributed by atoms with E-state index in [1.165, 1.54) is 0 Å². The number of carbonyl (C=O) groups is 1. The van der Waals surface area contributed by atoms with Gasteiger partial charge in [0.2, 0.25) is 0 Å². The quantitative estimate of drug-likeness (QED) is 0.530. The van der Waals surface area contributed by atoms with Gasteiger partial charge in [0, 0.05) is 45.7 Å². The fraction of sp³-hybridized carbons (Fsp3) is 0.800. The molecule has 2 N–H and O–H groups in total. The van der Waals surface area contributed by atoms with Crippen LogP contribution in [0.3, 0.4) is 0 Å². The smallest absolute Gasteiger partial charge is 0.410 e. The molecule has 1 aliphatic rings. The standard InChI is InChI=1S/C20H37N7O2/c1-6-17-25-24-15-27(17)13-10-22-18(21-7-2)23-14-16-8-11-26(12-9-16)19(28)29-20(3,4)5/h15-16H,6-14H2,1-5H3,(H2,21,22,23). The highest BCUT2D eigenvalue weighted by Crippen LogP contribution is 2.19. The number of hydrogen-bond donors (Lipinski definition) is 2. The zero-order valence-corrected chi connectivity index (χ0v) is 18.6. The average molecular weight is 408 g/mol. The average Bonchev–Trinajstić information content (AvgIpc) is 3.12. The number of amides is 1. The molecule has 2 rings (SSSR count). The maximum absolute atomic E-state index is 12.2. The van der Waals surface area contributed by atoms with Crippen LogP contribution in [0.1, 0.15) is 53.3 Å². The number of rotatable bonds is 7. The Hall–Kier alpha value is -2.32. The topological polar surface area (TPSA) is 96.7 Å². The van der Waals surface area contributed by atoms with Crippen LogP contribution in [0.4, 0.5) is 4.79 Å². The van der Waals surface area contributed by atoms with Crippen molar-refractivity contribution in [3.05, 3.63) is 12.2 Å². The SMILES string of the molecule is CCNC(=NCC1CCN(C(=O)OC(C)(C)C)CC1)NCCn1cnnc1CC. The minimum absolute atomic E-state index is 0.213. The molecule has 1 aromatic heterocycles. The Morgan fingerprint density at radius 3 is 2.62 bits per heavy atom. The molecule has 1 aliphatic heterocycles. The van der Waals surface area contributed by atoms with Crippen molar-refractivity contribution in [2.75, 3.05) is 32.7 Å². The Bertz CT molecular complexity index is 658. The molecule has 0 aromatic carbocycles. The van der Waals surface area contributed by atoms with E-state index in [9.17, 15) is 4.79 Å². The van der Waals surface area contributed by atoms with Crippen molar-refractivity contribution in [2.24, 2.45) is 10.9 Å². The van der Waals surface area contributed by atoms with E-state index in [4.69, 9.17) is 9.73 Å². The second-order valence-electron chi connectivity index (χ2n) is 8.35. The maximum Gasteiger partial charge on any atom is 0.410 e. The molecule has 0 bridgehead atoms. The Balaban J connectivity index is 1.76. The molecule has 1 saturated heterocycles. The molecule has 0 atom stereocenters. The van der Waals surface area contributed by atoms with Gasteiger partial charge < -0.3 is 24.8 Å². The molecular weight excluding hydrogens is 370 g/mol. The predicted molar refractivity (Wildman–Crippen MR) is 114 cm³/mol. The van der Waals surface area contributed by atoms with Crippen molar-refractivity contribution >= 4 is 12.1 Å². The van der Waals surface area contributed by atoms with Crippen LogP contribution in [-0.2, 0) is 17.7 Å². The number of aryl methyl sites for hydroxylation is 1. The Morgan fingerprint density at radius 1 is 1.28 bits per heavy atom. The second kappa shape index (κ2) is 11.0. The lowest BCUT2D eigenvalue weighted by atomic mass is 9.97. The third-order valence-electron chi connectivity index (χ3n) is 4.78. The lowest BCUT2D eigenvalue weighted by Crippen LogP contribution is -2.42. The van der Waals surface area contributed by atoms with Gasteiger partial charge in [0.25, 0.3) is 0 Å². The normalized spacial score (nSPS) is 16.0. The highest BCUT2D eigenvalue weighted by atomic mass is 16.6. The van der Waals surface area contributed by atoms with Gasteiger partial charge in [-0.3, -0.25) is 4.99 Å². The number of likely N-dealkylation sites (tertiary alicyclic amines) is 1. The van der Waals surface area contributed by atoms with Gasteiger partial charge in [-0.2, -0.15) is 0 Å². The van der Waals surface area contributed by atoms with E-state index in [2.05, 4.69) is 39.2 Å². The number of guanidine groups is 1. The summed E-state index contributed by atoms with van der Waals surface area (Å²) in [5.74, 6) is 2.30. The van der Waals surface area contributed by atoms with Gasteiger partial charge >= 0.3 is 6.09 Å². The van der Waals surface area contributed by atoms with E-state index < -0.39 is 5.60 Å². The largest absolute Gasteiger partial charge is 0.444 e. The second-order valence-corrected chi connectivity index (χ2v) is 8.35. The summed E-state index contributed by atoms with van der Waals surface area (Å²) in [4.78, 5) is 18.7. The van der Waals surface area contributed by atoms with Crippen molar-refractivity contribution in [2.45, 2.75) is 66.0 Å². The molecule has 1 aromatic rings. The molecule has 1 amide bonds. The van der Waals surface area contributed by atoms with E-state index in [0.29, 0.717) is 5.92 Å². The lowest BCUT2D eigenvalue weighted by molar-refractivity contribution is 0.0187. The summed E-state index contributed by atoms with van der Waals surface area (Å²) in [6.45, 7) is 14.4. The van der Waals surface area contributed by atoms with E-state index in [1.807, 2.05) is 20.8 Å². The number of nitrogens with one attached hydrogen (secondary N) is 2. The van der Waals surface area contributed by atoms with Crippen LogP contribution in [0.15, 0.2) is 11.3 Å². The summed E-state index contributed by atoms with van der Waals surface area (Å²) < 4.78 is 7.52. The molecule has 0 radical (unpaired) electrons. The molecule has 1 fully saturated rings. The first kappa shape index (κ1) is 23.0. The number of carbonyl (C=O) groups excluding carboxylic acids is 1. The molecule has 9 nitrogen and oxygen atoms in total. The van der Waals surface area contributed by atoms with E-state index in [-0.39, 0.29) is 6.09 Å². The number of nitrogens with zero attached hydrogens (tertiary/aromatic N) is 5. The van der Waals surface area contributed by atoms with E-state index >= 15 is 0 Å². The van der Waals surface area contributed by atoms with Crippen molar-refractivity contribution in [1.29, 1.82) is 0 Å². The van der Waals surface area contributed by atoms with Crippen LogP contribution in [0, 0.1) is 5.92 Å². The van der Waals surface area contributed by atoms with Crippen LogP contribution in [0.2, 0.25) is 0 Å². The minimum Gasteiger partial charge on any atom is -0.444 e. The third-order valence-corrected chi connectivity index (χ3v) is 4.78. The van der Waals surface area contributed by atoms with Crippen molar-refractivity contribution in [3.63, 3.8) is 0 Å². The van der Waals surface area contributed by atoms with E-state index in [1.54, 1.807) is 11.2 Å². The molecule has 164 valence electrons. The van der Waals surface area contributed by atoms with E-state index in [0.717, 1.165) is 70.3 Å². The summed E-state index contributed by atoms with van der Waals surface area (Å²) in [6.07, 6.45) is 4.32. The number of piperidine rings is 1. The van der Waals surface area contributed by atoms with Crippen molar-refractivity contribution in [1.82, 2.24) is 30.3 Å². The maximum atomic E-state index is 12.2. The van der Waals surface area contributed by atoms with Gasteiger partial charge in [-0.05, 0) is 46.5 Å². The summed E-state index contributed by atoms with van der Waals surface area (Å²) >= 11 is 0. The van der Waals surface area contributed by atoms with Crippen molar-refractivity contribution < 1.29 is 9.53 Å². The fourth-order valence-corrected chi connectivity index (χ4v) is 3.22. The first-order valence-electron chi connectivity index (χ1n) is 10.7. The fourth-order valence-electron chi connectivity index (χ4n) is 3.22. The monoisotopic (exact) mass is 407 g/mol. The third kappa shape index (κ3) is 7.91. The zero-order chi connectivity index (χ0) is 21.3. The number of aromatic nitrogens is 3. The van der Waals surface area contributed by atoms with Gasteiger partial charge in [0.1, 0.15) is 17.8 Å².